The number of ether oxygens (including phenoxy) is 1. The molecule has 1 aromatic rings. The van der Waals surface area contributed by atoms with Crippen LogP contribution in [0.25, 0.3) is 0 Å². The van der Waals surface area contributed by atoms with Crippen LogP contribution in [0.3, 0.4) is 0 Å². The summed E-state index contributed by atoms with van der Waals surface area (Å²) >= 11 is 0. The largest absolute Gasteiger partial charge is 0.493 e. The lowest BCUT2D eigenvalue weighted by Crippen LogP contribution is -2.00. The Morgan fingerprint density at radius 2 is 1.90 bits per heavy atom. The third-order valence-electron chi connectivity index (χ3n) is 2.67. The molecule has 0 aromatic heterocycles. The summed E-state index contributed by atoms with van der Waals surface area (Å²) in [5, 5.41) is 10.4. The maximum atomic E-state index is 13.3. The molecule has 0 saturated carbocycles. The second kappa shape index (κ2) is 8.14. The first-order valence-corrected chi connectivity index (χ1v) is 8.76. The minimum atomic E-state index is -3.43. The van der Waals surface area contributed by atoms with Crippen LogP contribution in [0, 0.1) is 15.9 Å². The van der Waals surface area contributed by atoms with Crippen molar-refractivity contribution in [1.82, 2.24) is 0 Å². The molecule has 0 spiro atoms. The summed E-state index contributed by atoms with van der Waals surface area (Å²) in [4.78, 5) is 9.64. The highest BCUT2D eigenvalue weighted by Gasteiger charge is 2.14. The van der Waals surface area contributed by atoms with E-state index in [0.717, 1.165) is 18.6 Å². The summed E-state index contributed by atoms with van der Waals surface area (Å²) in [5.41, 5.74) is -0.593. The Morgan fingerprint density at radius 3 is 2.48 bits per heavy atom. The number of rotatable bonds is 9. The number of nitrogens with zero attached hydrogens (tertiary/aromatic N) is 1. The Kier molecular flexibility index (Phi) is 6.83. The van der Waals surface area contributed by atoms with Crippen molar-refractivity contribution in [2.75, 3.05) is 12.4 Å². The smallest absolute Gasteiger partial charge is 0.305 e. The molecule has 21 heavy (non-hydrogen) atoms. The fourth-order valence-corrected chi connectivity index (χ4v) is 2.52. The van der Waals surface area contributed by atoms with Crippen LogP contribution in [0.2, 0.25) is 0 Å². The molecule has 0 atom stereocenters. The average Bonchev–Trinajstić information content (AvgIpc) is 2.36. The van der Waals surface area contributed by atoms with Gasteiger partial charge in [0.15, 0.2) is 0 Å². The van der Waals surface area contributed by atoms with Crippen molar-refractivity contribution in [3.05, 3.63) is 34.1 Å². The minimum Gasteiger partial charge on any atom is -0.493 e. The molecule has 0 radical (unpaired) electrons. The molecule has 9 heteroatoms. The van der Waals surface area contributed by atoms with Crippen LogP contribution < -0.4 is 4.74 Å². The van der Waals surface area contributed by atoms with Crippen LogP contribution in [-0.4, -0.2) is 25.7 Å². The van der Waals surface area contributed by atoms with Gasteiger partial charge in [-0.2, -0.15) is 4.39 Å². The number of hydrogen-bond donors (Lipinski definition) is 0. The highest BCUT2D eigenvalue weighted by atomic mass is 35.7. The van der Waals surface area contributed by atoms with Crippen molar-refractivity contribution < 1.29 is 22.5 Å². The lowest BCUT2D eigenvalue weighted by molar-refractivity contribution is -0.387. The first-order valence-electron chi connectivity index (χ1n) is 6.28. The Labute approximate surface area is 126 Å². The van der Waals surface area contributed by atoms with Crippen molar-refractivity contribution in [2.24, 2.45) is 0 Å². The summed E-state index contributed by atoms with van der Waals surface area (Å²) in [6.07, 6.45) is 2.60. The number of hydrogen-bond acceptors (Lipinski definition) is 5. The summed E-state index contributed by atoms with van der Waals surface area (Å²) in [5.74, 6) is -0.769. The van der Waals surface area contributed by atoms with Crippen LogP contribution >= 0.6 is 10.7 Å². The minimum absolute atomic E-state index is 0.0526. The molecule has 0 aliphatic carbocycles. The summed E-state index contributed by atoms with van der Waals surface area (Å²) in [6, 6.07) is 3.36. The lowest BCUT2D eigenvalue weighted by atomic mass is 10.2. The number of halogens is 2. The molecule has 0 N–H and O–H groups in total. The van der Waals surface area contributed by atoms with E-state index in [-0.39, 0.29) is 11.5 Å². The van der Waals surface area contributed by atoms with E-state index in [1.807, 2.05) is 0 Å². The molecule has 0 unspecified atom stereocenters. The van der Waals surface area contributed by atoms with E-state index in [2.05, 4.69) is 0 Å². The van der Waals surface area contributed by atoms with E-state index < -0.39 is 25.5 Å². The number of nitro benzene ring substituents is 1. The van der Waals surface area contributed by atoms with E-state index in [1.165, 1.54) is 6.07 Å². The van der Waals surface area contributed by atoms with Crippen molar-refractivity contribution in [3.63, 3.8) is 0 Å². The quantitative estimate of drug-likeness (QED) is 0.298. The normalized spacial score (nSPS) is 11.3. The molecule has 0 bridgehead atoms. The van der Waals surface area contributed by atoms with E-state index in [1.54, 1.807) is 0 Å². The Bertz CT molecular complexity index is 593. The summed E-state index contributed by atoms with van der Waals surface area (Å²) in [7, 11) is 1.64. The van der Waals surface area contributed by atoms with Gasteiger partial charge in [-0.05, 0) is 18.9 Å². The highest BCUT2D eigenvalue weighted by Crippen LogP contribution is 2.22. The maximum absolute atomic E-state index is 13.3. The lowest BCUT2D eigenvalue weighted by Gasteiger charge is -2.06. The third kappa shape index (κ3) is 7.24. The fourth-order valence-electron chi connectivity index (χ4n) is 1.65. The van der Waals surface area contributed by atoms with Crippen molar-refractivity contribution in [1.29, 1.82) is 0 Å². The predicted molar refractivity (Wildman–Crippen MR) is 76.7 cm³/mol. The highest BCUT2D eigenvalue weighted by molar-refractivity contribution is 8.13. The Balaban J connectivity index is 2.24. The van der Waals surface area contributed by atoms with Gasteiger partial charge in [0.2, 0.25) is 14.9 Å². The van der Waals surface area contributed by atoms with Gasteiger partial charge in [0.1, 0.15) is 5.75 Å². The molecule has 0 fully saturated rings. The molecule has 0 heterocycles. The number of nitro groups is 1. The summed E-state index contributed by atoms with van der Waals surface area (Å²) < 4.78 is 39.9. The molecular weight excluding hydrogens is 325 g/mol. The van der Waals surface area contributed by atoms with Gasteiger partial charge in [0, 0.05) is 22.8 Å². The van der Waals surface area contributed by atoms with Crippen molar-refractivity contribution in [3.8, 4) is 5.75 Å². The molecule has 1 aromatic carbocycles. The topological polar surface area (TPSA) is 86.5 Å². The first-order chi connectivity index (χ1) is 9.79. The fraction of sp³-hybridized carbons (Fsp3) is 0.500. The second-order valence-electron chi connectivity index (χ2n) is 4.38. The summed E-state index contributed by atoms with van der Waals surface area (Å²) in [6.45, 7) is 0.324. The molecule has 0 amide bonds. The van der Waals surface area contributed by atoms with Gasteiger partial charge in [-0.3, -0.25) is 10.1 Å². The monoisotopic (exact) mass is 339 g/mol. The van der Waals surface area contributed by atoms with Crippen molar-refractivity contribution >= 4 is 25.4 Å². The Morgan fingerprint density at radius 1 is 1.24 bits per heavy atom. The molecule has 6 nitrogen and oxygen atoms in total. The van der Waals surface area contributed by atoms with E-state index in [9.17, 15) is 22.9 Å². The van der Waals surface area contributed by atoms with Crippen LogP contribution in [0.15, 0.2) is 18.2 Å². The zero-order chi connectivity index (χ0) is 15.9. The zero-order valence-electron chi connectivity index (χ0n) is 11.1. The number of unbranched alkanes of at least 4 members (excludes halogenated alkanes) is 3. The van der Waals surface area contributed by atoms with Gasteiger partial charge in [-0.25, -0.2) is 8.42 Å². The van der Waals surface area contributed by atoms with E-state index in [0.29, 0.717) is 25.9 Å². The molecule has 0 aliphatic heterocycles. The Hall–Kier alpha value is -1.41. The van der Waals surface area contributed by atoms with Gasteiger partial charge < -0.3 is 4.74 Å². The van der Waals surface area contributed by atoms with Crippen LogP contribution in [-0.2, 0) is 9.05 Å². The number of benzene rings is 1. The van der Waals surface area contributed by atoms with Gasteiger partial charge in [0.05, 0.1) is 17.3 Å². The van der Waals surface area contributed by atoms with Crippen LogP contribution in [0.4, 0.5) is 10.1 Å². The maximum Gasteiger partial charge on any atom is 0.305 e. The van der Waals surface area contributed by atoms with Crippen LogP contribution in [0.5, 0.6) is 5.75 Å². The van der Waals surface area contributed by atoms with Gasteiger partial charge in [0.25, 0.3) is 0 Å². The van der Waals surface area contributed by atoms with E-state index in [4.69, 9.17) is 15.4 Å². The SMILES string of the molecule is O=[N+]([O-])c1ccc(OCCCCCCS(=O)(=O)Cl)cc1F. The second-order valence-corrected chi connectivity index (χ2v) is 7.27. The van der Waals surface area contributed by atoms with Gasteiger partial charge >= 0.3 is 5.69 Å². The van der Waals surface area contributed by atoms with Gasteiger partial charge in [-0.15, -0.1) is 0 Å². The molecular formula is C12H15ClFNO5S. The van der Waals surface area contributed by atoms with Gasteiger partial charge in [-0.1, -0.05) is 12.8 Å². The van der Waals surface area contributed by atoms with E-state index >= 15 is 0 Å². The molecule has 0 aliphatic rings. The van der Waals surface area contributed by atoms with Crippen molar-refractivity contribution in [2.45, 2.75) is 25.7 Å². The average molecular weight is 340 g/mol. The van der Waals surface area contributed by atoms with Crippen LogP contribution in [0.1, 0.15) is 25.7 Å². The zero-order valence-corrected chi connectivity index (χ0v) is 12.7. The molecule has 0 saturated heterocycles. The third-order valence-corrected chi connectivity index (χ3v) is 3.91. The standard InChI is InChI=1S/C12H15ClFNO5S/c13-21(18,19)8-4-2-1-3-7-20-10-5-6-12(15(16)17)11(14)9-10/h5-6,9H,1-4,7-8H2. The predicted octanol–water partition coefficient (Wildman–Crippen LogP) is 3.24. The molecule has 118 valence electrons. The first kappa shape index (κ1) is 17.6. The molecule has 1 rings (SSSR count).